The third kappa shape index (κ3) is 3.10. The highest BCUT2D eigenvalue weighted by molar-refractivity contribution is 6.29. The van der Waals surface area contributed by atoms with Crippen molar-refractivity contribution in [3.8, 4) is 0 Å². The number of hydrazone groups is 1. The van der Waals surface area contributed by atoms with Gasteiger partial charge in [-0.2, -0.15) is 5.01 Å². The van der Waals surface area contributed by atoms with Crippen LogP contribution in [0.1, 0.15) is 20.8 Å². The normalized spacial score (nSPS) is 16.6. The molecule has 1 amide bonds. The summed E-state index contributed by atoms with van der Waals surface area (Å²) < 4.78 is 10.4. The van der Waals surface area contributed by atoms with E-state index >= 15 is 0 Å². The molecule has 6 nitrogen and oxygen atoms in total. The lowest BCUT2D eigenvalue weighted by atomic mass is 10.2. The first-order valence-corrected chi connectivity index (χ1v) is 6.55. The monoisotopic (exact) mass is 288 g/mol. The molecule has 0 aromatic heterocycles. The van der Waals surface area contributed by atoms with Gasteiger partial charge in [-0.25, -0.2) is 0 Å². The molecule has 0 spiro atoms. The number of allylic oxidation sites excluding steroid dienone is 1. The fourth-order valence-corrected chi connectivity index (χ4v) is 1.93. The number of carbonyl (C=O) groups is 2. The maximum absolute atomic E-state index is 12.5. The first kappa shape index (κ1) is 14.8. The number of carbonyl (C=O) groups excluding carboxylic acids is 2. The van der Waals surface area contributed by atoms with E-state index in [0.29, 0.717) is 18.1 Å². The average molecular weight is 288 g/mol. The van der Waals surface area contributed by atoms with Gasteiger partial charge in [0, 0.05) is 6.92 Å². The second-order valence-electron chi connectivity index (χ2n) is 4.32. The lowest BCUT2D eigenvalue weighted by Gasteiger charge is -2.11. The Hall–Kier alpha value is -2.63. The molecule has 1 aromatic carbocycles. The molecule has 1 aliphatic rings. The maximum atomic E-state index is 12.5. The Morgan fingerprint density at radius 2 is 1.90 bits per heavy atom. The standard InChI is InChI=1S/C15H16N2O4/c1-4-20-10(2)13-14(21-11(3)18)16-17(15(13)19)12-8-6-5-7-9-12/h5-9H,4H2,1-3H3/b13-10-. The number of anilines is 1. The van der Waals surface area contributed by atoms with Crippen molar-refractivity contribution in [2.45, 2.75) is 20.8 Å². The van der Waals surface area contributed by atoms with E-state index in [0.717, 1.165) is 0 Å². The molecule has 0 radical (unpaired) electrons. The number of amides is 1. The van der Waals surface area contributed by atoms with Crippen LogP contribution in [0.25, 0.3) is 0 Å². The molecular formula is C15H16N2O4. The van der Waals surface area contributed by atoms with E-state index in [-0.39, 0.29) is 17.4 Å². The van der Waals surface area contributed by atoms with Gasteiger partial charge in [0.15, 0.2) is 0 Å². The van der Waals surface area contributed by atoms with Gasteiger partial charge in [-0.3, -0.25) is 9.59 Å². The highest BCUT2D eigenvalue weighted by Crippen LogP contribution is 2.26. The number of rotatable bonds is 3. The van der Waals surface area contributed by atoms with E-state index in [2.05, 4.69) is 5.10 Å². The molecule has 0 bridgehead atoms. The van der Waals surface area contributed by atoms with Crippen LogP contribution in [0.15, 0.2) is 46.8 Å². The largest absolute Gasteiger partial charge is 0.497 e. The summed E-state index contributed by atoms with van der Waals surface area (Å²) in [5, 5.41) is 5.27. The highest BCUT2D eigenvalue weighted by Gasteiger charge is 2.36. The number of benzene rings is 1. The van der Waals surface area contributed by atoms with Gasteiger partial charge in [0.05, 0.1) is 12.3 Å². The molecule has 0 fully saturated rings. The average Bonchev–Trinajstić information content (AvgIpc) is 2.76. The van der Waals surface area contributed by atoms with Gasteiger partial charge in [-0.15, -0.1) is 5.10 Å². The highest BCUT2D eigenvalue weighted by atomic mass is 16.5. The first-order chi connectivity index (χ1) is 10.0. The molecule has 2 rings (SSSR count). The Balaban J connectivity index is 2.43. The zero-order valence-corrected chi connectivity index (χ0v) is 12.1. The van der Waals surface area contributed by atoms with Crippen molar-refractivity contribution in [2.75, 3.05) is 11.6 Å². The van der Waals surface area contributed by atoms with E-state index in [1.165, 1.54) is 11.9 Å². The topological polar surface area (TPSA) is 68.2 Å². The van der Waals surface area contributed by atoms with Crippen LogP contribution in [0.3, 0.4) is 0 Å². The van der Waals surface area contributed by atoms with Crippen LogP contribution in [0, 0.1) is 0 Å². The van der Waals surface area contributed by atoms with Crippen molar-refractivity contribution in [2.24, 2.45) is 5.10 Å². The molecule has 21 heavy (non-hydrogen) atoms. The van der Waals surface area contributed by atoms with Crippen LogP contribution < -0.4 is 5.01 Å². The minimum absolute atomic E-state index is 0.0395. The Labute approximate surface area is 122 Å². The molecule has 0 atom stereocenters. The van der Waals surface area contributed by atoms with Gasteiger partial charge in [0.25, 0.3) is 11.8 Å². The van der Waals surface area contributed by atoms with Gasteiger partial charge in [-0.1, -0.05) is 18.2 Å². The quantitative estimate of drug-likeness (QED) is 0.486. The molecule has 1 heterocycles. The number of hydrogen-bond acceptors (Lipinski definition) is 5. The van der Waals surface area contributed by atoms with Crippen molar-refractivity contribution in [1.82, 2.24) is 0 Å². The van der Waals surface area contributed by atoms with Crippen LogP contribution in [0.2, 0.25) is 0 Å². The smallest absolute Gasteiger partial charge is 0.309 e. The van der Waals surface area contributed by atoms with Crippen LogP contribution in [0.5, 0.6) is 0 Å². The van der Waals surface area contributed by atoms with E-state index in [4.69, 9.17) is 9.47 Å². The first-order valence-electron chi connectivity index (χ1n) is 6.55. The molecule has 110 valence electrons. The minimum Gasteiger partial charge on any atom is -0.497 e. The van der Waals surface area contributed by atoms with E-state index < -0.39 is 5.97 Å². The summed E-state index contributed by atoms with van der Waals surface area (Å²) in [6, 6.07) is 8.90. The summed E-state index contributed by atoms with van der Waals surface area (Å²) in [5.74, 6) is -0.593. The zero-order valence-electron chi connectivity index (χ0n) is 12.1. The van der Waals surface area contributed by atoms with Gasteiger partial charge in [0.1, 0.15) is 11.3 Å². The van der Waals surface area contributed by atoms with Gasteiger partial charge in [-0.05, 0) is 26.0 Å². The van der Waals surface area contributed by atoms with E-state index in [1.807, 2.05) is 6.07 Å². The predicted octanol–water partition coefficient (Wildman–Crippen LogP) is 2.22. The maximum Gasteiger partial charge on any atom is 0.309 e. The van der Waals surface area contributed by atoms with Crippen LogP contribution >= 0.6 is 0 Å². The second kappa shape index (κ2) is 6.21. The van der Waals surface area contributed by atoms with Crippen molar-refractivity contribution in [3.05, 3.63) is 41.7 Å². The summed E-state index contributed by atoms with van der Waals surface area (Å²) in [4.78, 5) is 23.7. The molecule has 0 unspecified atom stereocenters. The molecule has 0 aliphatic carbocycles. The van der Waals surface area contributed by atoms with Crippen LogP contribution in [0.4, 0.5) is 5.69 Å². The fourth-order valence-electron chi connectivity index (χ4n) is 1.93. The third-order valence-electron chi connectivity index (χ3n) is 2.76. The van der Waals surface area contributed by atoms with E-state index in [1.54, 1.807) is 38.1 Å². The summed E-state index contributed by atoms with van der Waals surface area (Å²) >= 11 is 0. The molecule has 0 saturated carbocycles. The Bertz CT molecular complexity index is 620. The van der Waals surface area contributed by atoms with Gasteiger partial charge < -0.3 is 9.47 Å². The van der Waals surface area contributed by atoms with Crippen LogP contribution in [-0.2, 0) is 19.1 Å². The van der Waals surface area contributed by atoms with Crippen molar-refractivity contribution < 1.29 is 19.1 Å². The minimum atomic E-state index is -0.543. The number of hydrogen-bond donors (Lipinski definition) is 0. The number of nitrogens with zero attached hydrogens (tertiary/aromatic N) is 2. The Kier molecular flexibility index (Phi) is 4.37. The summed E-state index contributed by atoms with van der Waals surface area (Å²) in [5.41, 5.74) is 0.752. The molecule has 1 aromatic rings. The lowest BCUT2D eigenvalue weighted by Crippen LogP contribution is -2.23. The van der Waals surface area contributed by atoms with Gasteiger partial charge >= 0.3 is 5.97 Å². The lowest BCUT2D eigenvalue weighted by molar-refractivity contribution is -0.132. The molecule has 0 N–H and O–H groups in total. The Morgan fingerprint density at radius 3 is 2.48 bits per heavy atom. The second-order valence-corrected chi connectivity index (χ2v) is 4.32. The fraction of sp³-hybridized carbons (Fsp3) is 0.267. The van der Waals surface area contributed by atoms with Crippen molar-refractivity contribution in [3.63, 3.8) is 0 Å². The number of ether oxygens (including phenoxy) is 2. The predicted molar refractivity (Wildman–Crippen MR) is 77.5 cm³/mol. The number of esters is 1. The van der Waals surface area contributed by atoms with Crippen molar-refractivity contribution in [1.29, 1.82) is 0 Å². The third-order valence-corrected chi connectivity index (χ3v) is 2.76. The Morgan fingerprint density at radius 1 is 1.24 bits per heavy atom. The van der Waals surface area contributed by atoms with Crippen molar-refractivity contribution >= 4 is 23.5 Å². The van der Waals surface area contributed by atoms with E-state index in [9.17, 15) is 9.59 Å². The van der Waals surface area contributed by atoms with Gasteiger partial charge in [0.2, 0.25) is 0 Å². The summed E-state index contributed by atoms with van der Waals surface area (Å²) in [7, 11) is 0. The summed E-state index contributed by atoms with van der Waals surface area (Å²) in [6.07, 6.45) is 0. The number of para-hydroxylation sites is 1. The zero-order chi connectivity index (χ0) is 15.4. The molecule has 6 heteroatoms. The molecule has 0 saturated heterocycles. The van der Waals surface area contributed by atoms with Crippen LogP contribution in [-0.4, -0.2) is 24.4 Å². The molecular weight excluding hydrogens is 272 g/mol. The summed E-state index contributed by atoms with van der Waals surface area (Å²) in [6.45, 7) is 5.11. The SMILES string of the molecule is CCO/C(C)=C1\C(=O)N(c2ccccc2)N=C1OC(C)=O. The molecule has 1 aliphatic heterocycles.